The molecule has 1 aromatic carbocycles. The average Bonchev–Trinajstić information content (AvgIpc) is 2.64. The van der Waals surface area contributed by atoms with E-state index in [2.05, 4.69) is 31.3 Å². The van der Waals surface area contributed by atoms with Crippen LogP contribution in [0.25, 0.3) is 0 Å². The third kappa shape index (κ3) is 4.71. The van der Waals surface area contributed by atoms with Gasteiger partial charge < -0.3 is 5.32 Å². The fourth-order valence-electron chi connectivity index (χ4n) is 2.61. The van der Waals surface area contributed by atoms with Crippen molar-refractivity contribution < 1.29 is 13.2 Å². The van der Waals surface area contributed by atoms with E-state index >= 15 is 0 Å². The van der Waals surface area contributed by atoms with Crippen molar-refractivity contribution in [2.75, 3.05) is 26.2 Å². The lowest BCUT2D eigenvalue weighted by Crippen LogP contribution is -2.37. The molecule has 1 N–H and O–H groups in total. The summed E-state index contributed by atoms with van der Waals surface area (Å²) in [4.78, 5) is 1.89. The van der Waals surface area contributed by atoms with Gasteiger partial charge in [-0.2, -0.15) is 13.2 Å². The van der Waals surface area contributed by atoms with Crippen LogP contribution >= 0.6 is 0 Å². The van der Waals surface area contributed by atoms with E-state index < -0.39 is 12.1 Å². The average molecular weight is 300 g/mol. The van der Waals surface area contributed by atoms with Gasteiger partial charge in [-0.15, -0.1) is 0 Å². The molecule has 1 heterocycles. The van der Waals surface area contributed by atoms with E-state index in [0.29, 0.717) is 25.6 Å². The summed E-state index contributed by atoms with van der Waals surface area (Å²) in [5.41, 5.74) is 2.33. The number of nitrogens with one attached hydrogen (secondary N) is 1. The highest BCUT2D eigenvalue weighted by atomic mass is 19.4. The van der Waals surface area contributed by atoms with Crippen LogP contribution in [-0.4, -0.2) is 37.3 Å². The summed E-state index contributed by atoms with van der Waals surface area (Å²) in [5, 5.41) is 2.88. The van der Waals surface area contributed by atoms with Crippen LogP contribution in [0.2, 0.25) is 0 Å². The minimum atomic E-state index is -4.13. The van der Waals surface area contributed by atoms with Gasteiger partial charge in [-0.05, 0) is 17.0 Å². The van der Waals surface area contributed by atoms with Crippen LogP contribution in [0.4, 0.5) is 13.2 Å². The first-order chi connectivity index (χ1) is 9.86. The second kappa shape index (κ2) is 6.79. The van der Waals surface area contributed by atoms with Gasteiger partial charge in [0.2, 0.25) is 0 Å². The maximum absolute atomic E-state index is 12.9. The van der Waals surface area contributed by atoms with Gasteiger partial charge in [-0.1, -0.05) is 38.1 Å². The van der Waals surface area contributed by atoms with Crippen LogP contribution in [0.1, 0.15) is 30.9 Å². The first kappa shape index (κ1) is 16.3. The molecule has 1 fully saturated rings. The third-order valence-corrected chi connectivity index (χ3v) is 3.99. The van der Waals surface area contributed by atoms with Gasteiger partial charge in [0.1, 0.15) is 0 Å². The molecule has 0 radical (unpaired) electrons. The molecule has 118 valence electrons. The maximum Gasteiger partial charge on any atom is 0.394 e. The molecule has 0 aliphatic carbocycles. The lowest BCUT2D eigenvalue weighted by molar-refractivity contribution is -0.176. The summed E-state index contributed by atoms with van der Waals surface area (Å²) in [6.45, 7) is 6.18. The lowest BCUT2D eigenvalue weighted by atomic mass is 10.0. The van der Waals surface area contributed by atoms with Gasteiger partial charge in [0.15, 0.2) is 0 Å². The van der Waals surface area contributed by atoms with E-state index in [4.69, 9.17) is 0 Å². The molecule has 1 aliphatic rings. The molecule has 1 saturated heterocycles. The Labute approximate surface area is 124 Å². The number of benzene rings is 1. The number of alkyl halides is 3. The molecule has 0 bridgehead atoms. The Morgan fingerprint density at radius 2 is 1.90 bits per heavy atom. The molecule has 1 aromatic rings. The Bertz CT molecular complexity index is 440. The van der Waals surface area contributed by atoms with Gasteiger partial charge in [0, 0.05) is 32.7 Å². The third-order valence-electron chi connectivity index (χ3n) is 3.99. The van der Waals surface area contributed by atoms with Crippen molar-refractivity contribution in [1.29, 1.82) is 0 Å². The molecule has 0 spiro atoms. The molecule has 1 atom stereocenters. The van der Waals surface area contributed by atoms with E-state index in [0.717, 1.165) is 5.56 Å². The zero-order valence-corrected chi connectivity index (χ0v) is 12.6. The van der Waals surface area contributed by atoms with E-state index in [9.17, 15) is 13.2 Å². The number of rotatable bonds is 3. The Kier molecular flexibility index (Phi) is 5.27. The van der Waals surface area contributed by atoms with Gasteiger partial charge in [-0.25, -0.2) is 0 Å². The van der Waals surface area contributed by atoms with Crippen LogP contribution < -0.4 is 5.32 Å². The standard InChI is InChI=1S/C16H23F3N2/c1-12(2)14-5-3-13(4-6-14)10-21-8-7-20-9-15(11-21)16(17,18)19/h3-6,12,15,20H,7-11H2,1-2H3. The minimum Gasteiger partial charge on any atom is -0.315 e. The van der Waals surface area contributed by atoms with Crippen LogP contribution in [0, 0.1) is 5.92 Å². The van der Waals surface area contributed by atoms with Crippen molar-refractivity contribution in [2.45, 2.75) is 32.5 Å². The first-order valence-corrected chi connectivity index (χ1v) is 7.45. The Balaban J connectivity index is 2.00. The molecule has 2 nitrogen and oxygen atoms in total. The fourth-order valence-corrected chi connectivity index (χ4v) is 2.61. The minimum absolute atomic E-state index is 0.0201. The zero-order chi connectivity index (χ0) is 15.5. The summed E-state index contributed by atoms with van der Waals surface area (Å²) < 4.78 is 38.7. The monoisotopic (exact) mass is 300 g/mol. The van der Waals surface area contributed by atoms with Crippen molar-refractivity contribution in [3.8, 4) is 0 Å². The molecule has 1 aliphatic heterocycles. The first-order valence-electron chi connectivity index (χ1n) is 7.45. The van der Waals surface area contributed by atoms with Crippen molar-refractivity contribution in [3.63, 3.8) is 0 Å². The van der Waals surface area contributed by atoms with Crippen molar-refractivity contribution >= 4 is 0 Å². The van der Waals surface area contributed by atoms with E-state index in [1.54, 1.807) is 0 Å². The van der Waals surface area contributed by atoms with Gasteiger partial charge in [0.05, 0.1) is 5.92 Å². The molecule has 2 rings (SSSR count). The molecule has 0 amide bonds. The van der Waals surface area contributed by atoms with Gasteiger partial charge in [0.25, 0.3) is 0 Å². The van der Waals surface area contributed by atoms with Crippen molar-refractivity contribution in [2.24, 2.45) is 5.92 Å². The van der Waals surface area contributed by atoms with Crippen LogP contribution in [0.15, 0.2) is 24.3 Å². The zero-order valence-electron chi connectivity index (χ0n) is 12.6. The summed E-state index contributed by atoms with van der Waals surface area (Å²) in [7, 11) is 0. The van der Waals surface area contributed by atoms with Crippen molar-refractivity contribution in [1.82, 2.24) is 10.2 Å². The normalized spacial score (nSPS) is 21.5. The Morgan fingerprint density at radius 3 is 2.48 bits per heavy atom. The van der Waals surface area contributed by atoms with Crippen LogP contribution in [0.5, 0.6) is 0 Å². The highest BCUT2D eigenvalue weighted by Crippen LogP contribution is 2.28. The maximum atomic E-state index is 12.9. The van der Waals surface area contributed by atoms with Gasteiger partial charge >= 0.3 is 6.18 Å². The highest BCUT2D eigenvalue weighted by Gasteiger charge is 2.40. The number of hydrogen-bond acceptors (Lipinski definition) is 2. The van der Waals surface area contributed by atoms with Crippen LogP contribution in [0.3, 0.4) is 0 Å². The summed E-state index contributed by atoms with van der Waals surface area (Å²) in [6.07, 6.45) is -4.13. The van der Waals surface area contributed by atoms with E-state index in [1.807, 2.05) is 17.0 Å². The Hall–Kier alpha value is -1.07. The smallest absolute Gasteiger partial charge is 0.315 e. The van der Waals surface area contributed by atoms with Crippen LogP contribution in [-0.2, 0) is 6.54 Å². The predicted octanol–water partition coefficient (Wildman–Crippen LogP) is 3.39. The molecule has 21 heavy (non-hydrogen) atoms. The number of halogens is 3. The quantitative estimate of drug-likeness (QED) is 0.920. The SMILES string of the molecule is CC(C)c1ccc(CN2CCNCC(C(F)(F)F)C2)cc1. The highest BCUT2D eigenvalue weighted by molar-refractivity contribution is 5.24. The number of nitrogens with zero attached hydrogens (tertiary/aromatic N) is 1. The van der Waals surface area contributed by atoms with E-state index in [1.165, 1.54) is 5.56 Å². The Morgan fingerprint density at radius 1 is 1.24 bits per heavy atom. The topological polar surface area (TPSA) is 15.3 Å². The summed E-state index contributed by atoms with van der Waals surface area (Å²) in [6, 6.07) is 8.18. The predicted molar refractivity (Wildman–Crippen MR) is 78.2 cm³/mol. The molecular weight excluding hydrogens is 277 g/mol. The largest absolute Gasteiger partial charge is 0.394 e. The number of hydrogen-bond donors (Lipinski definition) is 1. The molecule has 0 aromatic heterocycles. The lowest BCUT2D eigenvalue weighted by Gasteiger charge is -2.25. The molecular formula is C16H23F3N2. The van der Waals surface area contributed by atoms with E-state index in [-0.39, 0.29) is 13.1 Å². The summed E-state index contributed by atoms with van der Waals surface area (Å²) in [5.74, 6) is -0.814. The molecule has 0 saturated carbocycles. The second-order valence-corrected chi connectivity index (χ2v) is 6.07. The molecule has 5 heteroatoms. The summed E-state index contributed by atoms with van der Waals surface area (Å²) >= 11 is 0. The second-order valence-electron chi connectivity index (χ2n) is 6.07. The molecule has 1 unspecified atom stereocenters. The van der Waals surface area contributed by atoms with Crippen molar-refractivity contribution in [3.05, 3.63) is 35.4 Å². The fraction of sp³-hybridized carbons (Fsp3) is 0.625. The van der Waals surface area contributed by atoms with Gasteiger partial charge in [-0.3, -0.25) is 4.90 Å².